The number of hydrogen-bond acceptors (Lipinski definition) is 1. The lowest BCUT2D eigenvalue weighted by molar-refractivity contribution is 0.514. The second kappa shape index (κ2) is 9.76. The van der Waals surface area contributed by atoms with Gasteiger partial charge in [-0.05, 0) is 26.0 Å². The molecule has 78 valence electrons. The molecule has 0 bridgehead atoms. The first-order chi connectivity index (χ1) is 6.35. The molecule has 0 fully saturated rings. The molecular weight excluding hydrogens is 158 g/mol. The van der Waals surface area contributed by atoms with Gasteiger partial charge in [0.15, 0.2) is 0 Å². The zero-order valence-electron chi connectivity index (χ0n) is 9.55. The summed E-state index contributed by atoms with van der Waals surface area (Å²) in [5.41, 5.74) is 0. The average molecular weight is 183 g/mol. The Kier molecular flexibility index (Phi) is 9.51. The molecule has 0 aliphatic rings. The van der Waals surface area contributed by atoms with Crippen LogP contribution < -0.4 is 0 Å². The van der Waals surface area contributed by atoms with Crippen molar-refractivity contribution in [2.75, 3.05) is 0 Å². The number of unbranched alkanes of at least 4 members (excludes halogenated alkanes) is 3. The van der Waals surface area contributed by atoms with Crippen molar-refractivity contribution in [3.05, 3.63) is 0 Å². The van der Waals surface area contributed by atoms with Gasteiger partial charge in [-0.2, -0.15) is 0 Å². The number of aliphatic imine (C=N–C) groups is 1. The molecule has 0 aliphatic heterocycles. The van der Waals surface area contributed by atoms with Gasteiger partial charge in [-0.1, -0.05) is 46.0 Å². The molecule has 0 amide bonds. The molecule has 13 heavy (non-hydrogen) atoms. The van der Waals surface area contributed by atoms with Crippen molar-refractivity contribution in [3.8, 4) is 0 Å². The van der Waals surface area contributed by atoms with Crippen LogP contribution in [0.1, 0.15) is 65.7 Å². The molecule has 1 atom stereocenters. The van der Waals surface area contributed by atoms with Gasteiger partial charge in [0.25, 0.3) is 0 Å². The van der Waals surface area contributed by atoms with E-state index in [0.717, 1.165) is 0 Å². The van der Waals surface area contributed by atoms with E-state index in [1.807, 2.05) is 13.1 Å². The van der Waals surface area contributed by atoms with Gasteiger partial charge in [0.05, 0.1) is 0 Å². The van der Waals surface area contributed by atoms with E-state index in [2.05, 4.69) is 18.8 Å². The fourth-order valence-corrected chi connectivity index (χ4v) is 1.57. The Bertz CT molecular complexity index is 118. The Labute approximate surface area is 83.6 Å². The molecule has 1 unspecified atom stereocenters. The maximum Gasteiger partial charge on any atom is 0.0495 e. The van der Waals surface area contributed by atoms with Crippen LogP contribution >= 0.6 is 0 Å². The lowest BCUT2D eigenvalue weighted by atomic mass is 10.0. The lowest BCUT2D eigenvalue weighted by Crippen LogP contribution is -2.04. The van der Waals surface area contributed by atoms with Gasteiger partial charge in [0, 0.05) is 6.04 Å². The first-order valence-electron chi connectivity index (χ1n) is 5.82. The summed E-state index contributed by atoms with van der Waals surface area (Å²) in [6.45, 7) is 6.53. The van der Waals surface area contributed by atoms with Crippen LogP contribution in [-0.2, 0) is 0 Å². The van der Waals surface area contributed by atoms with E-state index < -0.39 is 0 Å². The number of nitrogens with zero attached hydrogens (tertiary/aromatic N) is 1. The highest BCUT2D eigenvalue weighted by Gasteiger charge is 2.03. The largest absolute Gasteiger partial charge is 0.295 e. The van der Waals surface area contributed by atoms with Crippen LogP contribution in [0.3, 0.4) is 0 Å². The molecule has 0 spiro atoms. The van der Waals surface area contributed by atoms with Crippen LogP contribution in [0.2, 0.25) is 0 Å². The smallest absolute Gasteiger partial charge is 0.0495 e. The zero-order chi connectivity index (χ0) is 9.94. The Balaban J connectivity index is 3.54. The lowest BCUT2D eigenvalue weighted by Gasteiger charge is -2.10. The molecule has 0 radical (unpaired) electrons. The normalized spacial score (nSPS) is 13.8. The maximum absolute atomic E-state index is 4.51. The SMILES string of the molecule is CC=NC(CCCC)CCCCC. The van der Waals surface area contributed by atoms with Crippen LogP contribution in [0.25, 0.3) is 0 Å². The zero-order valence-corrected chi connectivity index (χ0v) is 9.55. The molecule has 0 heterocycles. The fourth-order valence-electron chi connectivity index (χ4n) is 1.57. The molecule has 0 saturated carbocycles. The van der Waals surface area contributed by atoms with Crippen LogP contribution in [-0.4, -0.2) is 12.3 Å². The van der Waals surface area contributed by atoms with Gasteiger partial charge in [0.2, 0.25) is 0 Å². The van der Waals surface area contributed by atoms with Crippen molar-refractivity contribution in [2.24, 2.45) is 4.99 Å². The summed E-state index contributed by atoms with van der Waals surface area (Å²) in [4.78, 5) is 4.51. The van der Waals surface area contributed by atoms with Crippen LogP contribution in [0.15, 0.2) is 4.99 Å². The van der Waals surface area contributed by atoms with Gasteiger partial charge in [-0.25, -0.2) is 0 Å². The minimum Gasteiger partial charge on any atom is -0.295 e. The third-order valence-electron chi connectivity index (χ3n) is 2.39. The second-order valence-corrected chi connectivity index (χ2v) is 3.70. The summed E-state index contributed by atoms with van der Waals surface area (Å²) < 4.78 is 0. The third kappa shape index (κ3) is 8.01. The topological polar surface area (TPSA) is 12.4 Å². The maximum atomic E-state index is 4.51. The molecule has 0 aromatic heterocycles. The minimum atomic E-state index is 0.608. The second-order valence-electron chi connectivity index (χ2n) is 3.70. The monoisotopic (exact) mass is 183 g/mol. The quantitative estimate of drug-likeness (QED) is 0.395. The predicted molar refractivity (Wildman–Crippen MR) is 61.6 cm³/mol. The highest BCUT2D eigenvalue weighted by atomic mass is 14.8. The van der Waals surface area contributed by atoms with E-state index >= 15 is 0 Å². The predicted octanol–water partition coefficient (Wildman–Crippen LogP) is 4.22. The molecule has 0 aromatic carbocycles. The van der Waals surface area contributed by atoms with Gasteiger partial charge in [0.1, 0.15) is 0 Å². The standard InChI is InChI=1S/C12H25N/c1-4-7-9-11-12(13-6-3)10-8-5-2/h6,12H,4-5,7-11H2,1-3H3. The molecule has 0 N–H and O–H groups in total. The summed E-state index contributed by atoms with van der Waals surface area (Å²) in [6, 6.07) is 0.608. The minimum absolute atomic E-state index is 0.608. The van der Waals surface area contributed by atoms with Crippen molar-refractivity contribution in [3.63, 3.8) is 0 Å². The first kappa shape index (κ1) is 12.7. The van der Waals surface area contributed by atoms with E-state index in [1.165, 1.54) is 44.9 Å². The molecule has 1 nitrogen and oxygen atoms in total. The van der Waals surface area contributed by atoms with Crippen molar-refractivity contribution < 1.29 is 0 Å². The summed E-state index contributed by atoms with van der Waals surface area (Å²) in [7, 11) is 0. The summed E-state index contributed by atoms with van der Waals surface area (Å²) in [5.74, 6) is 0. The Hall–Kier alpha value is -0.330. The van der Waals surface area contributed by atoms with E-state index in [1.54, 1.807) is 0 Å². The summed E-state index contributed by atoms with van der Waals surface area (Å²) in [5, 5.41) is 0. The Morgan fingerprint density at radius 2 is 1.62 bits per heavy atom. The van der Waals surface area contributed by atoms with E-state index in [0.29, 0.717) is 6.04 Å². The van der Waals surface area contributed by atoms with Gasteiger partial charge >= 0.3 is 0 Å². The molecule has 0 aromatic rings. The molecule has 0 aliphatic carbocycles. The van der Waals surface area contributed by atoms with Gasteiger partial charge < -0.3 is 0 Å². The van der Waals surface area contributed by atoms with E-state index in [4.69, 9.17) is 0 Å². The molecule has 0 saturated heterocycles. The summed E-state index contributed by atoms with van der Waals surface area (Å²) in [6.07, 6.45) is 11.2. The summed E-state index contributed by atoms with van der Waals surface area (Å²) >= 11 is 0. The van der Waals surface area contributed by atoms with Gasteiger partial charge in [-0.15, -0.1) is 0 Å². The highest BCUT2D eigenvalue weighted by Crippen LogP contribution is 2.12. The van der Waals surface area contributed by atoms with Crippen LogP contribution in [0.4, 0.5) is 0 Å². The first-order valence-corrected chi connectivity index (χ1v) is 5.82. The Morgan fingerprint density at radius 3 is 2.15 bits per heavy atom. The van der Waals surface area contributed by atoms with E-state index in [9.17, 15) is 0 Å². The fraction of sp³-hybridized carbons (Fsp3) is 0.917. The third-order valence-corrected chi connectivity index (χ3v) is 2.39. The average Bonchev–Trinajstić information content (AvgIpc) is 2.14. The van der Waals surface area contributed by atoms with Crippen molar-refractivity contribution in [1.29, 1.82) is 0 Å². The van der Waals surface area contributed by atoms with E-state index in [-0.39, 0.29) is 0 Å². The highest BCUT2D eigenvalue weighted by molar-refractivity contribution is 5.53. The molecular formula is C12H25N. The molecule has 0 rings (SSSR count). The van der Waals surface area contributed by atoms with Crippen LogP contribution in [0.5, 0.6) is 0 Å². The molecule has 1 heteroatoms. The van der Waals surface area contributed by atoms with Crippen LogP contribution in [0, 0.1) is 0 Å². The van der Waals surface area contributed by atoms with Crippen molar-refractivity contribution >= 4 is 6.21 Å². The number of rotatable bonds is 8. The van der Waals surface area contributed by atoms with Gasteiger partial charge in [-0.3, -0.25) is 4.99 Å². The Morgan fingerprint density at radius 1 is 1.00 bits per heavy atom. The number of hydrogen-bond donors (Lipinski definition) is 0. The van der Waals surface area contributed by atoms with Crippen molar-refractivity contribution in [1.82, 2.24) is 0 Å². The van der Waals surface area contributed by atoms with Crippen molar-refractivity contribution in [2.45, 2.75) is 71.8 Å².